The lowest BCUT2D eigenvalue weighted by atomic mass is 9.85. The van der Waals surface area contributed by atoms with E-state index in [9.17, 15) is 0 Å². The van der Waals surface area contributed by atoms with Crippen LogP contribution in [0.3, 0.4) is 0 Å². The molecule has 0 aromatic carbocycles. The molecular weight excluding hydrogens is 262 g/mol. The molecule has 0 radical (unpaired) electrons. The Hall–Kier alpha value is -1.00. The number of fused-ring (bicyclic) bond motifs is 1. The third-order valence-electron chi connectivity index (χ3n) is 4.41. The van der Waals surface area contributed by atoms with E-state index in [2.05, 4.69) is 26.1 Å². The molecule has 0 bridgehead atoms. The van der Waals surface area contributed by atoms with Gasteiger partial charge in [0.2, 0.25) is 0 Å². The predicted molar refractivity (Wildman–Crippen MR) is 85.5 cm³/mol. The molecule has 0 spiro atoms. The van der Waals surface area contributed by atoms with Crippen molar-refractivity contribution in [3.05, 3.63) is 22.8 Å². The Morgan fingerprint density at radius 2 is 2.14 bits per heavy atom. The largest absolute Gasteiger partial charge is 0.373 e. The van der Waals surface area contributed by atoms with Crippen molar-refractivity contribution in [3.63, 3.8) is 0 Å². The van der Waals surface area contributed by atoms with Crippen molar-refractivity contribution in [3.8, 4) is 0 Å². The Balaban J connectivity index is 2.17. The standard InChI is InChI=1S/C17H29N3O/c1-5-7-16(21-4)17-19-12(3)14-10-13(11-18-6-2)8-9-15(14)20-17/h13,16,18H,5-11H2,1-4H3. The molecule has 1 aromatic rings. The quantitative estimate of drug-likeness (QED) is 0.839. The highest BCUT2D eigenvalue weighted by molar-refractivity contribution is 5.28. The third kappa shape index (κ3) is 4.01. The van der Waals surface area contributed by atoms with Crippen LogP contribution in [0.1, 0.15) is 62.0 Å². The van der Waals surface area contributed by atoms with Crippen LogP contribution in [-0.2, 0) is 17.6 Å². The summed E-state index contributed by atoms with van der Waals surface area (Å²) in [4.78, 5) is 9.56. The molecule has 4 nitrogen and oxygen atoms in total. The average Bonchev–Trinajstić information content (AvgIpc) is 2.50. The second-order valence-corrected chi connectivity index (χ2v) is 6.02. The topological polar surface area (TPSA) is 47.0 Å². The van der Waals surface area contributed by atoms with Crippen LogP contribution in [0, 0.1) is 12.8 Å². The number of methoxy groups -OCH3 is 1. The second-order valence-electron chi connectivity index (χ2n) is 6.02. The fourth-order valence-electron chi connectivity index (χ4n) is 3.16. The minimum absolute atomic E-state index is 0.0403. The maximum absolute atomic E-state index is 5.56. The van der Waals surface area contributed by atoms with Crippen LogP contribution < -0.4 is 5.32 Å². The van der Waals surface area contributed by atoms with E-state index in [0.29, 0.717) is 0 Å². The van der Waals surface area contributed by atoms with Crippen LogP contribution in [0.5, 0.6) is 0 Å². The summed E-state index contributed by atoms with van der Waals surface area (Å²) >= 11 is 0. The number of nitrogens with one attached hydrogen (secondary N) is 1. The molecule has 1 heterocycles. The molecule has 2 unspecified atom stereocenters. The smallest absolute Gasteiger partial charge is 0.157 e. The van der Waals surface area contributed by atoms with Crippen LogP contribution in [0.2, 0.25) is 0 Å². The first-order chi connectivity index (χ1) is 10.2. The SMILES string of the molecule is CCCC(OC)c1nc(C)c2c(n1)CCC(CNCC)C2. The average molecular weight is 291 g/mol. The zero-order valence-electron chi connectivity index (χ0n) is 13.9. The van der Waals surface area contributed by atoms with Gasteiger partial charge in [-0.25, -0.2) is 9.97 Å². The van der Waals surface area contributed by atoms with E-state index >= 15 is 0 Å². The van der Waals surface area contributed by atoms with Gasteiger partial charge in [0.15, 0.2) is 5.82 Å². The maximum atomic E-state index is 5.56. The molecule has 2 atom stereocenters. The van der Waals surface area contributed by atoms with Crippen LogP contribution in [0.4, 0.5) is 0 Å². The lowest BCUT2D eigenvalue weighted by Gasteiger charge is -2.26. The zero-order chi connectivity index (χ0) is 15.2. The van der Waals surface area contributed by atoms with Crippen molar-refractivity contribution < 1.29 is 4.74 Å². The lowest BCUT2D eigenvalue weighted by molar-refractivity contribution is 0.0871. The summed E-state index contributed by atoms with van der Waals surface area (Å²) < 4.78 is 5.56. The van der Waals surface area contributed by atoms with Crippen molar-refractivity contribution in [1.29, 1.82) is 0 Å². The Labute approximate surface area is 128 Å². The summed E-state index contributed by atoms with van der Waals surface area (Å²) in [6.45, 7) is 8.61. The maximum Gasteiger partial charge on any atom is 0.157 e. The highest BCUT2D eigenvalue weighted by atomic mass is 16.5. The molecule has 118 valence electrons. The molecule has 21 heavy (non-hydrogen) atoms. The number of nitrogens with zero attached hydrogens (tertiary/aromatic N) is 2. The van der Waals surface area contributed by atoms with Crippen molar-refractivity contribution >= 4 is 0 Å². The lowest BCUT2D eigenvalue weighted by Crippen LogP contribution is -2.28. The van der Waals surface area contributed by atoms with Gasteiger partial charge >= 0.3 is 0 Å². The van der Waals surface area contributed by atoms with Crippen molar-refractivity contribution in [2.24, 2.45) is 5.92 Å². The van der Waals surface area contributed by atoms with Crippen LogP contribution >= 0.6 is 0 Å². The molecule has 0 saturated carbocycles. The summed E-state index contributed by atoms with van der Waals surface area (Å²) in [6, 6.07) is 0. The van der Waals surface area contributed by atoms with E-state index < -0.39 is 0 Å². The van der Waals surface area contributed by atoms with E-state index in [4.69, 9.17) is 14.7 Å². The minimum atomic E-state index is 0.0403. The zero-order valence-corrected chi connectivity index (χ0v) is 13.9. The van der Waals surface area contributed by atoms with Crippen LogP contribution in [-0.4, -0.2) is 30.2 Å². The summed E-state index contributed by atoms with van der Waals surface area (Å²) in [6.07, 6.45) is 5.52. The second kappa shape index (κ2) is 7.85. The summed E-state index contributed by atoms with van der Waals surface area (Å²) in [7, 11) is 1.75. The highest BCUT2D eigenvalue weighted by Gasteiger charge is 2.24. The molecule has 1 N–H and O–H groups in total. The predicted octanol–water partition coefficient (Wildman–Crippen LogP) is 2.99. The van der Waals surface area contributed by atoms with E-state index in [-0.39, 0.29) is 6.10 Å². The number of rotatable bonds is 7. The molecule has 0 fully saturated rings. The minimum Gasteiger partial charge on any atom is -0.373 e. The van der Waals surface area contributed by atoms with Gasteiger partial charge in [0.1, 0.15) is 6.10 Å². The van der Waals surface area contributed by atoms with Gasteiger partial charge in [-0.2, -0.15) is 0 Å². The normalized spacial score (nSPS) is 19.3. The Morgan fingerprint density at radius 3 is 2.81 bits per heavy atom. The van der Waals surface area contributed by atoms with Gasteiger partial charge in [0.25, 0.3) is 0 Å². The molecule has 2 rings (SSSR count). The van der Waals surface area contributed by atoms with Gasteiger partial charge < -0.3 is 10.1 Å². The number of ether oxygens (including phenoxy) is 1. The number of hydrogen-bond acceptors (Lipinski definition) is 4. The first-order valence-electron chi connectivity index (χ1n) is 8.29. The third-order valence-corrected chi connectivity index (χ3v) is 4.41. The monoisotopic (exact) mass is 291 g/mol. The molecule has 1 aliphatic carbocycles. The van der Waals surface area contributed by atoms with Gasteiger partial charge in [0, 0.05) is 18.5 Å². The van der Waals surface area contributed by atoms with Crippen molar-refractivity contribution in [2.45, 2.75) is 59.0 Å². The fourth-order valence-corrected chi connectivity index (χ4v) is 3.16. The molecule has 0 saturated heterocycles. The van der Waals surface area contributed by atoms with Gasteiger partial charge in [0.05, 0.1) is 0 Å². The molecule has 1 aromatic heterocycles. The van der Waals surface area contributed by atoms with Gasteiger partial charge in [-0.05, 0) is 57.2 Å². The Morgan fingerprint density at radius 1 is 1.33 bits per heavy atom. The van der Waals surface area contributed by atoms with Crippen LogP contribution in [0.25, 0.3) is 0 Å². The van der Waals surface area contributed by atoms with E-state index in [0.717, 1.165) is 56.2 Å². The van der Waals surface area contributed by atoms with E-state index in [1.54, 1.807) is 7.11 Å². The van der Waals surface area contributed by atoms with Crippen LogP contribution in [0.15, 0.2) is 0 Å². The first kappa shape index (κ1) is 16.4. The highest BCUT2D eigenvalue weighted by Crippen LogP contribution is 2.28. The van der Waals surface area contributed by atoms with E-state index in [1.807, 2.05) is 0 Å². The van der Waals surface area contributed by atoms with Gasteiger partial charge in [-0.15, -0.1) is 0 Å². The van der Waals surface area contributed by atoms with Crippen molar-refractivity contribution in [1.82, 2.24) is 15.3 Å². The summed E-state index contributed by atoms with van der Waals surface area (Å²) in [5, 5.41) is 3.46. The van der Waals surface area contributed by atoms with Gasteiger partial charge in [-0.1, -0.05) is 20.3 Å². The Kier molecular flexibility index (Phi) is 6.12. The first-order valence-corrected chi connectivity index (χ1v) is 8.29. The molecule has 0 aliphatic heterocycles. The van der Waals surface area contributed by atoms with Crippen molar-refractivity contribution in [2.75, 3.05) is 20.2 Å². The van der Waals surface area contributed by atoms with E-state index in [1.165, 1.54) is 17.7 Å². The molecule has 0 amide bonds. The fraction of sp³-hybridized carbons (Fsp3) is 0.765. The molecule has 4 heteroatoms. The summed E-state index contributed by atoms with van der Waals surface area (Å²) in [5.41, 5.74) is 3.78. The number of aromatic nitrogens is 2. The Bertz CT molecular complexity index is 462. The number of hydrogen-bond donors (Lipinski definition) is 1. The molecule has 1 aliphatic rings. The van der Waals surface area contributed by atoms with Gasteiger partial charge in [-0.3, -0.25) is 0 Å². The summed E-state index contributed by atoms with van der Waals surface area (Å²) in [5.74, 6) is 1.60. The molecular formula is C17H29N3O. The number of aryl methyl sites for hydroxylation is 2.